The molecule has 1 aromatic carbocycles. The van der Waals surface area contributed by atoms with E-state index in [1.54, 1.807) is 36.6 Å². The number of amides is 4. The first kappa shape index (κ1) is 55.8. The van der Waals surface area contributed by atoms with Crippen molar-refractivity contribution in [3.8, 4) is 5.75 Å². The van der Waals surface area contributed by atoms with Crippen LogP contribution in [0, 0.1) is 17.8 Å². The monoisotopic (exact) mass is 945 g/mol. The molecule has 8 atom stereocenters. The normalized spacial score (nSPS) is 17.3. The number of hydrogen-bond donors (Lipinski definition) is 6. The molecule has 4 amide bonds. The highest BCUT2D eigenvalue weighted by molar-refractivity contribution is 7.09. The Morgan fingerprint density at radius 1 is 1.02 bits per heavy atom. The maximum Gasteiger partial charge on any atom is 0.426 e. The van der Waals surface area contributed by atoms with Crippen molar-refractivity contribution < 1.29 is 43.6 Å². The van der Waals surface area contributed by atoms with Gasteiger partial charge >= 0.3 is 6.09 Å². The molecule has 1 aliphatic heterocycles. The molecule has 1 unspecified atom stereocenters. The predicted octanol–water partition coefficient (Wildman–Crippen LogP) is 6.29. The summed E-state index contributed by atoms with van der Waals surface area (Å²) in [5.74, 6) is -1.25. The molecule has 0 radical (unpaired) electrons. The number of likely N-dealkylation sites (tertiary alicyclic amines) is 1. The fourth-order valence-corrected chi connectivity index (χ4v) is 8.83. The Morgan fingerprint density at radius 3 is 2.41 bits per heavy atom. The molecule has 0 spiro atoms. The van der Waals surface area contributed by atoms with Crippen molar-refractivity contribution in [1.82, 2.24) is 36.3 Å². The molecule has 19 nitrogen and oxygen atoms in total. The third-order valence-corrected chi connectivity index (χ3v) is 12.8. The van der Waals surface area contributed by atoms with Gasteiger partial charge in [0.05, 0.1) is 24.9 Å². The number of aliphatic hydroxyl groups is 1. The van der Waals surface area contributed by atoms with Crippen LogP contribution in [0.5, 0.6) is 5.75 Å². The van der Waals surface area contributed by atoms with Crippen molar-refractivity contribution in [2.45, 2.75) is 143 Å². The zero-order valence-corrected chi connectivity index (χ0v) is 41.1. The maximum atomic E-state index is 14.7. The van der Waals surface area contributed by atoms with Gasteiger partial charge in [-0.2, -0.15) is 0 Å². The molecule has 20 heteroatoms. The zero-order chi connectivity index (χ0) is 48.6. The minimum absolute atomic E-state index is 0.0419. The van der Waals surface area contributed by atoms with E-state index in [9.17, 15) is 29.4 Å². The van der Waals surface area contributed by atoms with E-state index in [1.165, 1.54) is 11.3 Å². The van der Waals surface area contributed by atoms with Crippen molar-refractivity contribution in [3.05, 3.63) is 56.4 Å². The quantitative estimate of drug-likeness (QED) is 0.0132. The number of hydrazine groups is 1. The molecule has 66 heavy (non-hydrogen) atoms. The molecule has 1 saturated heterocycles. The number of rotatable bonds is 29. The molecule has 2 aromatic rings. The predicted molar refractivity (Wildman–Crippen MR) is 253 cm³/mol. The second-order valence-electron chi connectivity index (χ2n) is 17.5. The summed E-state index contributed by atoms with van der Waals surface area (Å²) < 4.78 is 16.7. The van der Waals surface area contributed by atoms with E-state index in [2.05, 4.69) is 50.3 Å². The highest BCUT2D eigenvalue weighted by Crippen LogP contribution is 2.33. The summed E-state index contributed by atoms with van der Waals surface area (Å²) in [6.07, 6.45) is 3.49. The van der Waals surface area contributed by atoms with Gasteiger partial charge in [0.25, 0.3) is 0 Å². The average molecular weight is 945 g/mol. The van der Waals surface area contributed by atoms with E-state index >= 15 is 0 Å². The van der Waals surface area contributed by atoms with Gasteiger partial charge < -0.3 is 34.6 Å². The number of nitrogens with one attached hydrogen (secondary N) is 4. The Kier molecular flexibility index (Phi) is 25.3. The molecule has 0 saturated carbocycles. The van der Waals surface area contributed by atoms with Gasteiger partial charge in [0.15, 0.2) is 0 Å². The van der Waals surface area contributed by atoms with Crippen LogP contribution in [-0.2, 0) is 35.0 Å². The Bertz CT molecular complexity index is 1810. The van der Waals surface area contributed by atoms with Gasteiger partial charge in [-0.15, -0.1) is 11.3 Å². The summed E-state index contributed by atoms with van der Waals surface area (Å²) in [6, 6.07) is 5.02. The fourth-order valence-electron chi connectivity index (χ4n) is 7.94. The van der Waals surface area contributed by atoms with Crippen molar-refractivity contribution in [1.29, 1.82) is 0 Å². The summed E-state index contributed by atoms with van der Waals surface area (Å²) >= 11 is 1.36. The van der Waals surface area contributed by atoms with Crippen LogP contribution in [-0.4, -0.2) is 126 Å². The first-order valence-electron chi connectivity index (χ1n) is 23.5. The number of likely N-dealkylation sites (N-methyl/N-ethyl adjacent to an activating group) is 1. The van der Waals surface area contributed by atoms with E-state index in [-0.39, 0.29) is 74.3 Å². The van der Waals surface area contributed by atoms with Crippen LogP contribution in [0.15, 0.2) is 34.8 Å². The van der Waals surface area contributed by atoms with Gasteiger partial charge in [-0.3, -0.25) is 30.0 Å². The second kappa shape index (κ2) is 29.9. The minimum Gasteiger partial charge on any atom is -0.508 e. The molecular weight excluding hydrogens is 869 g/mol. The molecular formula is C46H76N10O9S. The number of ether oxygens (including phenoxy) is 3. The molecule has 1 aliphatic rings. The largest absolute Gasteiger partial charge is 0.508 e. The van der Waals surface area contributed by atoms with Crippen LogP contribution in [0.25, 0.3) is 10.4 Å². The van der Waals surface area contributed by atoms with Gasteiger partial charge in [-0.25, -0.2) is 15.2 Å². The van der Waals surface area contributed by atoms with Gasteiger partial charge in [-0.05, 0) is 87.2 Å². The van der Waals surface area contributed by atoms with E-state index in [0.29, 0.717) is 36.7 Å². The van der Waals surface area contributed by atoms with Crippen LogP contribution in [0.1, 0.15) is 128 Å². The molecule has 3 rings (SSSR count). The highest BCUT2D eigenvalue weighted by Gasteiger charge is 2.38. The van der Waals surface area contributed by atoms with E-state index in [0.717, 1.165) is 50.6 Å². The smallest absolute Gasteiger partial charge is 0.426 e. The molecule has 2 heterocycles. The lowest BCUT2D eigenvalue weighted by Gasteiger charge is -2.40. The second-order valence-corrected chi connectivity index (χ2v) is 18.4. The van der Waals surface area contributed by atoms with Gasteiger partial charge in [-0.1, -0.05) is 78.6 Å². The number of hydrogen-bond acceptors (Lipinski definition) is 14. The number of carbonyl (C=O) groups is 4. The summed E-state index contributed by atoms with van der Waals surface area (Å²) in [6.45, 7) is 16.2. The van der Waals surface area contributed by atoms with Crippen molar-refractivity contribution >= 4 is 35.2 Å². The van der Waals surface area contributed by atoms with E-state index in [1.807, 2.05) is 39.6 Å². The Labute approximate surface area is 394 Å². The molecule has 0 aliphatic carbocycles. The number of nitrogens with zero attached hydrogens (tertiary/aromatic N) is 6. The fraction of sp³-hybridized carbons (Fsp3) is 0.717. The van der Waals surface area contributed by atoms with E-state index in [4.69, 9.17) is 24.7 Å². The lowest BCUT2D eigenvalue weighted by atomic mass is 9.92. The van der Waals surface area contributed by atoms with Crippen LogP contribution in [0.3, 0.4) is 0 Å². The molecule has 0 bridgehead atoms. The standard InChI is InChI=1S/C46H76N10O9S/c1-9-20-56(45(61)40(31(6)11-3)51-43(60)37-14-12-13-21-55(37)8)38(30(4)5)28-39(64-22-10-2)44-50-36(29-66-44)42(59)49-34(27-33-15-17-35(57)18-16-33)26-32(7)41(58)52-53-46(62)65-25-24-63-23-19-48-54-47/h15-18,29-32,34,37-40,42,49,57,59H,9-14,19-28H2,1-8H3,(H,51,60)(H,52,58)(H,53,62)/t31-,32-,34+,37+,38+,39+,40-,42?/m0/s1. The van der Waals surface area contributed by atoms with Crippen LogP contribution < -0.4 is 21.5 Å². The number of phenolic OH excluding ortho intramolecular Hbond substituents is 1. The van der Waals surface area contributed by atoms with Gasteiger partial charge in [0.2, 0.25) is 17.7 Å². The SMILES string of the molecule is CCCO[C@H](C[C@H](C(C)C)N(CCC)C(=O)[C@@H](NC(=O)[C@H]1CCCCN1C)[C@@H](C)CC)c1nc(C(O)N[C@@H](Cc2ccc(O)cc2)C[C@H](C)C(=O)NNC(=O)OCCOCCN=[N+]=[N-])cs1. The summed E-state index contributed by atoms with van der Waals surface area (Å²) in [5.41, 5.74) is 14.1. The third kappa shape index (κ3) is 18.6. The number of thiazole rings is 1. The number of aromatic hydroxyl groups is 1. The first-order valence-corrected chi connectivity index (χ1v) is 24.4. The molecule has 6 N–H and O–H groups in total. The summed E-state index contributed by atoms with van der Waals surface area (Å²) in [7, 11) is 1.97. The van der Waals surface area contributed by atoms with Crippen LogP contribution in [0.2, 0.25) is 0 Å². The number of piperidine rings is 1. The lowest BCUT2D eigenvalue weighted by Crippen LogP contribution is -2.58. The summed E-state index contributed by atoms with van der Waals surface area (Å²) in [4.78, 5) is 65.3. The van der Waals surface area contributed by atoms with Gasteiger partial charge in [0.1, 0.15) is 35.7 Å². The molecule has 1 fully saturated rings. The lowest BCUT2D eigenvalue weighted by molar-refractivity contribution is -0.143. The molecule has 370 valence electrons. The number of azide groups is 1. The number of aliphatic hydroxyl groups excluding tert-OH is 1. The van der Waals surface area contributed by atoms with Crippen LogP contribution >= 0.6 is 11.3 Å². The number of benzene rings is 1. The Hall–Kier alpha value is -4.56. The maximum absolute atomic E-state index is 14.7. The number of phenols is 1. The van der Waals surface area contributed by atoms with Crippen molar-refractivity contribution in [2.24, 2.45) is 22.9 Å². The Morgan fingerprint density at radius 2 is 1.76 bits per heavy atom. The summed E-state index contributed by atoms with van der Waals surface area (Å²) in [5, 5.41) is 33.8. The number of carbonyl (C=O) groups excluding carboxylic acids is 4. The first-order chi connectivity index (χ1) is 31.6. The topological polar surface area (TPSA) is 253 Å². The Balaban J connectivity index is 1.78. The highest BCUT2D eigenvalue weighted by atomic mass is 32.1. The average Bonchev–Trinajstić information content (AvgIpc) is 3.80. The van der Waals surface area contributed by atoms with Gasteiger partial charge in [0, 0.05) is 54.4 Å². The van der Waals surface area contributed by atoms with Crippen LogP contribution in [0.4, 0.5) is 4.79 Å². The van der Waals surface area contributed by atoms with E-state index < -0.39 is 42.3 Å². The molecule has 1 aromatic heterocycles. The van der Waals surface area contributed by atoms with Crippen molar-refractivity contribution in [2.75, 3.05) is 53.1 Å². The zero-order valence-electron chi connectivity index (χ0n) is 40.2. The van der Waals surface area contributed by atoms with Crippen molar-refractivity contribution in [3.63, 3.8) is 0 Å². The third-order valence-electron chi connectivity index (χ3n) is 11.9. The minimum atomic E-state index is -1.23. The number of aromatic nitrogens is 1.